The third kappa shape index (κ3) is 7.97. The van der Waals surface area contributed by atoms with Crippen LogP contribution in [0.15, 0.2) is 36.7 Å². The highest BCUT2D eigenvalue weighted by Gasteiger charge is 2.43. The van der Waals surface area contributed by atoms with E-state index in [2.05, 4.69) is 47.1 Å². The van der Waals surface area contributed by atoms with Crippen molar-refractivity contribution < 1.29 is 32.3 Å². The summed E-state index contributed by atoms with van der Waals surface area (Å²) in [5.41, 5.74) is 1.67. The van der Waals surface area contributed by atoms with Gasteiger partial charge in [-0.3, -0.25) is 29.7 Å². The molecule has 0 spiro atoms. The largest absolute Gasteiger partial charge is 0.484 e. The minimum Gasteiger partial charge on any atom is -0.484 e. The molecule has 3 amide bonds. The maximum absolute atomic E-state index is 16.5. The molecule has 5 fully saturated rings. The molecule has 0 bridgehead atoms. The zero-order chi connectivity index (χ0) is 42.9. The van der Waals surface area contributed by atoms with Gasteiger partial charge in [-0.05, 0) is 88.5 Å². The smallest absolute Gasteiger partial charge is 0.255 e. The number of H-pyrrole nitrogens is 1. The third-order valence-electron chi connectivity index (χ3n) is 14.2. The number of nitrogens with one attached hydrogen (secondary N) is 2. The molecular formula is C45H53F3N10O4. The number of halogens is 3. The lowest BCUT2D eigenvalue weighted by atomic mass is 9.89. The van der Waals surface area contributed by atoms with Gasteiger partial charge in [0.25, 0.3) is 5.91 Å². The van der Waals surface area contributed by atoms with Crippen LogP contribution in [0, 0.1) is 17.6 Å². The monoisotopic (exact) mass is 854 g/mol. The van der Waals surface area contributed by atoms with Gasteiger partial charge in [0.15, 0.2) is 11.6 Å². The summed E-state index contributed by atoms with van der Waals surface area (Å²) in [6.07, 6.45) is 6.49. The molecular weight excluding hydrogens is 802 g/mol. The fraction of sp³-hybridized carbons (Fsp3) is 0.556. The Morgan fingerprint density at radius 2 is 1.68 bits per heavy atom. The first-order chi connectivity index (χ1) is 29.8. The van der Waals surface area contributed by atoms with Crippen LogP contribution in [0.4, 0.5) is 24.7 Å². The molecule has 4 saturated heterocycles. The second-order valence-corrected chi connectivity index (χ2v) is 18.7. The maximum Gasteiger partial charge on any atom is 0.255 e. The average Bonchev–Trinajstić information content (AvgIpc) is 3.71. The number of benzene rings is 2. The van der Waals surface area contributed by atoms with Crippen molar-refractivity contribution in [1.29, 1.82) is 0 Å². The summed E-state index contributed by atoms with van der Waals surface area (Å²) in [7, 11) is 0. The quantitative estimate of drug-likeness (QED) is 0.203. The summed E-state index contributed by atoms with van der Waals surface area (Å²) in [4.78, 5) is 56.7. The normalized spacial score (nSPS) is 24.5. The predicted molar refractivity (Wildman–Crippen MR) is 225 cm³/mol. The van der Waals surface area contributed by atoms with Gasteiger partial charge in [0, 0.05) is 101 Å². The fourth-order valence-electron chi connectivity index (χ4n) is 10.1. The number of piperidine rings is 3. The van der Waals surface area contributed by atoms with Crippen molar-refractivity contribution in [2.75, 3.05) is 68.7 Å². The molecule has 17 heteroatoms. The van der Waals surface area contributed by atoms with E-state index in [-0.39, 0.29) is 54.2 Å². The molecule has 2 atom stereocenters. The highest BCUT2D eigenvalue weighted by atomic mass is 19.1. The molecule has 2 aromatic heterocycles. The second kappa shape index (κ2) is 15.8. The number of carbonyl (C=O) groups is 3. The van der Waals surface area contributed by atoms with Crippen LogP contribution in [0.5, 0.6) is 5.75 Å². The van der Waals surface area contributed by atoms with Crippen LogP contribution < -0.4 is 19.9 Å². The number of amides is 3. The number of ether oxygens (including phenoxy) is 1. The number of hydrogen-bond acceptors (Lipinski definition) is 11. The van der Waals surface area contributed by atoms with E-state index in [4.69, 9.17) is 4.74 Å². The molecule has 2 N–H and O–H groups in total. The summed E-state index contributed by atoms with van der Waals surface area (Å²) in [6, 6.07) is 7.43. The van der Waals surface area contributed by atoms with Gasteiger partial charge in [0.1, 0.15) is 35.3 Å². The van der Waals surface area contributed by atoms with Gasteiger partial charge in [-0.25, -0.2) is 23.1 Å². The number of anilines is 2. The lowest BCUT2D eigenvalue weighted by Crippen LogP contribution is -2.57. The molecule has 4 aromatic rings. The Labute approximate surface area is 358 Å². The van der Waals surface area contributed by atoms with Crippen molar-refractivity contribution in [2.24, 2.45) is 5.92 Å². The summed E-state index contributed by atoms with van der Waals surface area (Å²) in [5.74, 6) is -0.688. The number of aromatic nitrogens is 4. The third-order valence-corrected chi connectivity index (χ3v) is 14.2. The molecule has 1 unspecified atom stereocenters. The molecule has 5 aliphatic heterocycles. The minimum atomic E-state index is -1.26. The Balaban J connectivity index is 0.695. The summed E-state index contributed by atoms with van der Waals surface area (Å²) < 4.78 is 52.8. The van der Waals surface area contributed by atoms with Crippen LogP contribution in [0.3, 0.4) is 0 Å². The topological polar surface area (TPSA) is 143 Å². The number of imide groups is 1. The Kier molecular flexibility index (Phi) is 10.4. The number of piperazine rings is 1. The number of fused-ring (bicyclic) bond motifs is 2. The van der Waals surface area contributed by atoms with E-state index in [1.54, 1.807) is 12.1 Å². The number of likely N-dealkylation sites (tertiary alicyclic amines) is 1. The molecule has 1 saturated carbocycles. The van der Waals surface area contributed by atoms with Crippen molar-refractivity contribution in [3.05, 3.63) is 59.4 Å². The number of hydrogen-bond donors (Lipinski definition) is 2. The Morgan fingerprint density at radius 3 is 2.42 bits per heavy atom. The molecule has 6 aliphatic rings. The molecule has 10 rings (SSSR count). The molecule has 1 aliphatic carbocycles. The van der Waals surface area contributed by atoms with Crippen molar-refractivity contribution in [3.63, 3.8) is 0 Å². The van der Waals surface area contributed by atoms with Gasteiger partial charge in [-0.15, -0.1) is 0 Å². The van der Waals surface area contributed by atoms with E-state index in [1.165, 1.54) is 23.4 Å². The predicted octanol–water partition coefficient (Wildman–Crippen LogP) is 5.22. The fourth-order valence-corrected chi connectivity index (χ4v) is 10.1. The molecule has 2 aromatic carbocycles. The van der Waals surface area contributed by atoms with E-state index in [9.17, 15) is 18.8 Å². The van der Waals surface area contributed by atoms with E-state index >= 15 is 8.78 Å². The van der Waals surface area contributed by atoms with Crippen LogP contribution in [-0.2, 0) is 16.1 Å². The Hall–Kier alpha value is -5.29. The van der Waals surface area contributed by atoms with Gasteiger partial charge in [-0.2, -0.15) is 5.10 Å². The van der Waals surface area contributed by atoms with Gasteiger partial charge in [0.2, 0.25) is 11.8 Å². The molecule has 328 valence electrons. The summed E-state index contributed by atoms with van der Waals surface area (Å²) >= 11 is 0. The number of aromatic amines is 1. The number of alkyl halides is 1. The van der Waals surface area contributed by atoms with Crippen molar-refractivity contribution in [2.45, 2.75) is 95.1 Å². The second-order valence-electron chi connectivity index (χ2n) is 18.7. The summed E-state index contributed by atoms with van der Waals surface area (Å²) in [6.45, 7) is 10.5. The highest BCUT2D eigenvalue weighted by molar-refractivity contribution is 6.05. The summed E-state index contributed by atoms with van der Waals surface area (Å²) in [5, 5.41) is 10.4. The van der Waals surface area contributed by atoms with Crippen LogP contribution in [0.25, 0.3) is 22.3 Å². The lowest BCUT2D eigenvalue weighted by Gasteiger charge is -2.45. The van der Waals surface area contributed by atoms with E-state index in [0.29, 0.717) is 99.3 Å². The van der Waals surface area contributed by atoms with Crippen LogP contribution in [-0.4, -0.2) is 135 Å². The van der Waals surface area contributed by atoms with Crippen LogP contribution in [0.1, 0.15) is 81.1 Å². The van der Waals surface area contributed by atoms with Crippen molar-refractivity contribution >= 4 is 40.1 Å². The van der Waals surface area contributed by atoms with Gasteiger partial charge < -0.3 is 24.3 Å². The van der Waals surface area contributed by atoms with Gasteiger partial charge >= 0.3 is 0 Å². The number of nitrogens with zero attached hydrogens (tertiary/aromatic N) is 8. The number of carbonyl (C=O) groups excluding carboxylic acids is 3. The maximum atomic E-state index is 16.5. The highest BCUT2D eigenvalue weighted by Crippen LogP contribution is 2.42. The zero-order valence-corrected chi connectivity index (χ0v) is 35.3. The molecule has 0 radical (unpaired) electrons. The average molecular weight is 855 g/mol. The van der Waals surface area contributed by atoms with E-state index in [0.717, 1.165) is 43.4 Å². The Morgan fingerprint density at radius 1 is 0.887 bits per heavy atom. The van der Waals surface area contributed by atoms with Crippen molar-refractivity contribution in [1.82, 2.24) is 40.2 Å². The van der Waals surface area contributed by atoms with Gasteiger partial charge in [0.05, 0.1) is 22.6 Å². The van der Waals surface area contributed by atoms with Crippen molar-refractivity contribution in [3.8, 4) is 17.1 Å². The Bertz CT molecular complexity index is 2410. The molecule has 62 heavy (non-hydrogen) atoms. The van der Waals surface area contributed by atoms with E-state index in [1.807, 2.05) is 17.9 Å². The minimum absolute atomic E-state index is 0.109. The standard InChI is InChI=1S/C45H53F3N10O4/c1-27-22-56(39-21-35(49-26-50-39)41-31-19-38(62-44(2)7-8-44)33(47)20-34(31)52-53-41)15-16-57(27)25-45(48)9-13-54(14-10-45)23-28-5-11-55(12-6-28)37-17-29-24-58(43(61)30(29)18-32(37)46)36-3-4-40(59)51-42(36)60/h17-21,26-28,36H,3-16,22-25H2,1-2H3,(H,52,53)(H,51,59,60)/t27-,36?/m0/s1. The van der Waals surface area contributed by atoms with E-state index < -0.39 is 29.3 Å². The molecule has 14 nitrogen and oxygen atoms in total. The first-order valence-electron chi connectivity index (χ1n) is 22.1. The van der Waals surface area contributed by atoms with Gasteiger partial charge in [-0.1, -0.05) is 0 Å². The van der Waals surface area contributed by atoms with Crippen LogP contribution in [0.2, 0.25) is 0 Å². The number of rotatable bonds is 10. The lowest BCUT2D eigenvalue weighted by molar-refractivity contribution is -0.136. The first kappa shape index (κ1) is 40.8. The SMILES string of the molecule is C[C@H]1CN(c2cc(-c3[nH]nc4cc(F)c(OC5(C)CC5)cc34)ncn2)CCN1CC1(F)CCN(CC2CCN(c3cc4c(cc3F)C(=O)N(C3CCC(=O)NC3=O)C4)CC2)CC1. The van der Waals surface area contributed by atoms with Crippen LogP contribution >= 0.6 is 0 Å². The molecule has 7 heterocycles. The zero-order valence-electron chi connectivity index (χ0n) is 35.3. The first-order valence-corrected chi connectivity index (χ1v) is 22.1.